The second kappa shape index (κ2) is 9.74. The van der Waals surface area contributed by atoms with Gasteiger partial charge in [0.2, 0.25) is 0 Å². The number of aliphatic hydroxyl groups excluding tert-OH is 1. The smallest absolute Gasteiger partial charge is 0.323 e. The number of thioether (sulfide) groups is 1. The summed E-state index contributed by atoms with van der Waals surface area (Å²) in [6.07, 6.45) is 3.50. The summed E-state index contributed by atoms with van der Waals surface area (Å²) in [6.45, 7) is 4.74. The van der Waals surface area contributed by atoms with Gasteiger partial charge in [-0.2, -0.15) is 11.8 Å². The lowest BCUT2D eigenvalue weighted by atomic mass is 9.95. The van der Waals surface area contributed by atoms with Gasteiger partial charge in [0.1, 0.15) is 5.54 Å². The summed E-state index contributed by atoms with van der Waals surface area (Å²) in [5.74, 6) is 0.989. The minimum atomic E-state index is -0.794. The van der Waals surface area contributed by atoms with Crippen LogP contribution in [0.5, 0.6) is 0 Å². The number of unbranched alkanes of at least 4 members (excludes halogenated alkanes) is 1. The van der Waals surface area contributed by atoms with Crippen molar-refractivity contribution in [1.29, 1.82) is 0 Å². The number of rotatable bonds is 11. The van der Waals surface area contributed by atoms with Crippen LogP contribution in [0.1, 0.15) is 39.5 Å². The summed E-state index contributed by atoms with van der Waals surface area (Å²) in [7, 11) is 0. The Morgan fingerprint density at radius 3 is 2.59 bits per heavy atom. The molecule has 0 aliphatic heterocycles. The van der Waals surface area contributed by atoms with E-state index >= 15 is 0 Å². The van der Waals surface area contributed by atoms with Gasteiger partial charge in [0.15, 0.2) is 0 Å². The van der Waals surface area contributed by atoms with Gasteiger partial charge in [-0.3, -0.25) is 4.79 Å². The number of hydrogen-bond donors (Lipinski definition) is 3. The van der Waals surface area contributed by atoms with E-state index in [0.717, 1.165) is 37.3 Å². The molecule has 0 bridgehead atoms. The van der Waals surface area contributed by atoms with Gasteiger partial charge in [-0.25, -0.2) is 0 Å². The van der Waals surface area contributed by atoms with Crippen LogP contribution in [0, 0.1) is 0 Å². The van der Waals surface area contributed by atoms with E-state index in [0.29, 0.717) is 6.42 Å². The SMILES string of the molecule is CCCNC(C)(CCCCSCCO)C(=O)O. The van der Waals surface area contributed by atoms with E-state index < -0.39 is 11.5 Å². The fourth-order valence-electron chi connectivity index (χ4n) is 1.52. The molecule has 0 spiro atoms. The molecule has 0 aromatic carbocycles. The lowest BCUT2D eigenvalue weighted by Crippen LogP contribution is -2.49. The molecule has 0 aliphatic rings. The molecule has 102 valence electrons. The molecule has 3 N–H and O–H groups in total. The van der Waals surface area contributed by atoms with Gasteiger partial charge in [-0.15, -0.1) is 0 Å². The average Bonchev–Trinajstić information content (AvgIpc) is 2.31. The topological polar surface area (TPSA) is 69.6 Å². The van der Waals surface area contributed by atoms with Crippen LogP contribution >= 0.6 is 11.8 Å². The molecule has 17 heavy (non-hydrogen) atoms. The number of carbonyl (C=O) groups is 1. The molecule has 0 aromatic heterocycles. The highest BCUT2D eigenvalue weighted by molar-refractivity contribution is 7.99. The lowest BCUT2D eigenvalue weighted by molar-refractivity contribution is -0.144. The monoisotopic (exact) mass is 263 g/mol. The highest BCUT2D eigenvalue weighted by atomic mass is 32.2. The Kier molecular flexibility index (Phi) is 9.59. The molecule has 0 saturated carbocycles. The normalized spacial score (nSPS) is 14.5. The number of carboxylic acid groups (broad SMARTS) is 1. The fourth-order valence-corrected chi connectivity index (χ4v) is 2.26. The molecule has 5 heteroatoms. The van der Waals surface area contributed by atoms with E-state index in [2.05, 4.69) is 5.32 Å². The van der Waals surface area contributed by atoms with Gasteiger partial charge in [-0.05, 0) is 38.5 Å². The summed E-state index contributed by atoms with van der Waals surface area (Å²) in [4.78, 5) is 11.2. The van der Waals surface area contributed by atoms with Crippen molar-refractivity contribution in [1.82, 2.24) is 5.32 Å². The number of aliphatic carboxylic acids is 1. The maximum atomic E-state index is 11.2. The van der Waals surface area contributed by atoms with Gasteiger partial charge in [0.05, 0.1) is 6.61 Å². The van der Waals surface area contributed by atoms with Gasteiger partial charge in [-0.1, -0.05) is 13.3 Å². The second-order valence-electron chi connectivity index (χ2n) is 4.36. The van der Waals surface area contributed by atoms with E-state index in [4.69, 9.17) is 5.11 Å². The van der Waals surface area contributed by atoms with Crippen LogP contribution in [0.3, 0.4) is 0 Å². The molecule has 0 saturated heterocycles. The standard InChI is InChI=1S/C12H25NO3S/c1-3-7-13-12(2,11(15)16)6-4-5-9-17-10-8-14/h13-14H,3-10H2,1-2H3,(H,15,16). The molecule has 0 aromatic rings. The van der Waals surface area contributed by atoms with Crippen molar-refractivity contribution < 1.29 is 15.0 Å². The Bertz CT molecular complexity index is 214. The fraction of sp³-hybridized carbons (Fsp3) is 0.917. The van der Waals surface area contributed by atoms with Crippen molar-refractivity contribution in [3.8, 4) is 0 Å². The van der Waals surface area contributed by atoms with E-state index in [1.165, 1.54) is 0 Å². The maximum Gasteiger partial charge on any atom is 0.323 e. The zero-order valence-electron chi connectivity index (χ0n) is 10.9. The van der Waals surface area contributed by atoms with Crippen LogP contribution in [0.15, 0.2) is 0 Å². The summed E-state index contributed by atoms with van der Waals surface area (Å²) < 4.78 is 0. The van der Waals surface area contributed by atoms with E-state index in [9.17, 15) is 9.90 Å². The van der Waals surface area contributed by atoms with Crippen molar-refractivity contribution in [3.63, 3.8) is 0 Å². The van der Waals surface area contributed by atoms with Gasteiger partial charge in [0.25, 0.3) is 0 Å². The molecule has 1 unspecified atom stereocenters. The molecule has 0 amide bonds. The molecule has 0 rings (SSSR count). The minimum absolute atomic E-state index is 0.218. The van der Waals surface area contributed by atoms with E-state index in [-0.39, 0.29) is 6.61 Å². The van der Waals surface area contributed by atoms with Crippen molar-refractivity contribution in [2.45, 2.75) is 45.1 Å². The quantitative estimate of drug-likeness (QED) is 0.495. The van der Waals surface area contributed by atoms with Crippen LogP contribution in [0.4, 0.5) is 0 Å². The number of aliphatic hydroxyl groups is 1. The molecule has 0 fully saturated rings. The molecule has 1 atom stereocenters. The number of nitrogens with one attached hydrogen (secondary N) is 1. The highest BCUT2D eigenvalue weighted by Gasteiger charge is 2.31. The predicted molar refractivity (Wildman–Crippen MR) is 72.6 cm³/mol. The zero-order valence-corrected chi connectivity index (χ0v) is 11.7. The summed E-state index contributed by atoms with van der Waals surface area (Å²) in [5.41, 5.74) is -0.794. The van der Waals surface area contributed by atoms with Crippen LogP contribution in [0.2, 0.25) is 0 Å². The third kappa shape index (κ3) is 7.63. The van der Waals surface area contributed by atoms with Crippen molar-refractivity contribution >= 4 is 17.7 Å². The molecule has 0 heterocycles. The van der Waals surface area contributed by atoms with Crippen LogP contribution in [0.25, 0.3) is 0 Å². The van der Waals surface area contributed by atoms with E-state index in [1.54, 1.807) is 18.7 Å². The zero-order chi connectivity index (χ0) is 13.1. The lowest BCUT2D eigenvalue weighted by Gasteiger charge is -2.26. The van der Waals surface area contributed by atoms with Gasteiger partial charge in [0, 0.05) is 5.75 Å². The molecule has 0 aliphatic carbocycles. The first-order valence-corrected chi connectivity index (χ1v) is 7.39. The van der Waals surface area contributed by atoms with Crippen LogP contribution < -0.4 is 5.32 Å². The average molecular weight is 263 g/mol. The van der Waals surface area contributed by atoms with Crippen molar-refractivity contribution in [2.24, 2.45) is 0 Å². The Morgan fingerprint density at radius 1 is 1.35 bits per heavy atom. The summed E-state index contributed by atoms with van der Waals surface area (Å²) in [6, 6.07) is 0. The Balaban J connectivity index is 3.81. The van der Waals surface area contributed by atoms with Crippen LogP contribution in [-0.4, -0.2) is 46.4 Å². The largest absolute Gasteiger partial charge is 0.480 e. The van der Waals surface area contributed by atoms with Gasteiger partial charge >= 0.3 is 5.97 Å². The van der Waals surface area contributed by atoms with Crippen molar-refractivity contribution in [2.75, 3.05) is 24.7 Å². The molecule has 4 nitrogen and oxygen atoms in total. The van der Waals surface area contributed by atoms with Crippen molar-refractivity contribution in [3.05, 3.63) is 0 Å². The van der Waals surface area contributed by atoms with Crippen LogP contribution in [-0.2, 0) is 4.79 Å². The third-order valence-corrected chi connectivity index (χ3v) is 3.74. The Labute approximate surface area is 108 Å². The molecular formula is C12H25NO3S. The predicted octanol–water partition coefficient (Wildman–Crippen LogP) is 1.73. The first-order chi connectivity index (χ1) is 8.06. The second-order valence-corrected chi connectivity index (χ2v) is 5.58. The number of hydrogen-bond acceptors (Lipinski definition) is 4. The number of carboxylic acids is 1. The first-order valence-electron chi connectivity index (χ1n) is 6.24. The molecular weight excluding hydrogens is 238 g/mol. The third-order valence-electron chi connectivity index (χ3n) is 2.69. The maximum absolute atomic E-state index is 11.2. The van der Waals surface area contributed by atoms with E-state index in [1.807, 2.05) is 6.92 Å². The first kappa shape index (κ1) is 16.7. The minimum Gasteiger partial charge on any atom is -0.480 e. The Morgan fingerprint density at radius 2 is 2.06 bits per heavy atom. The van der Waals surface area contributed by atoms with Gasteiger partial charge < -0.3 is 15.5 Å². The Hall–Kier alpha value is -0.260. The summed E-state index contributed by atoms with van der Waals surface area (Å²) >= 11 is 1.71. The summed E-state index contributed by atoms with van der Waals surface area (Å²) in [5, 5.41) is 20.9. The molecule has 0 radical (unpaired) electrons. The highest BCUT2D eigenvalue weighted by Crippen LogP contribution is 2.16.